The van der Waals surface area contributed by atoms with Crippen LogP contribution in [0.4, 0.5) is 16.2 Å². The maximum absolute atomic E-state index is 12.6. The number of aromatic nitrogens is 2. The number of carbonyl (C=O) groups is 1. The van der Waals surface area contributed by atoms with Gasteiger partial charge in [0.1, 0.15) is 0 Å². The summed E-state index contributed by atoms with van der Waals surface area (Å²) in [6, 6.07) is 15.5. The molecule has 2 aromatic carbocycles. The van der Waals surface area contributed by atoms with Crippen LogP contribution in [-0.4, -0.2) is 31.4 Å². The molecule has 2 aliphatic rings. The Morgan fingerprint density at radius 1 is 1.20 bits per heavy atom. The molecule has 1 unspecified atom stereocenters. The molecule has 1 heterocycles. The van der Waals surface area contributed by atoms with E-state index < -0.39 is 4.92 Å². The van der Waals surface area contributed by atoms with Crippen LogP contribution < -0.4 is 5.32 Å². The molecular weight excluding hydrogens is 424 g/mol. The maximum Gasteiger partial charge on any atom is 0.346 e. The number of nitro groups is 1. The summed E-state index contributed by atoms with van der Waals surface area (Å²) in [6.07, 6.45) is 2.59. The summed E-state index contributed by atoms with van der Waals surface area (Å²) in [5.74, 6) is 0.239. The number of nitrogens with zero attached hydrogens (tertiary/aromatic N) is 3. The topological polar surface area (TPSA) is 90.1 Å². The molecule has 4 atom stereocenters. The number of alkyl halides is 1. The van der Waals surface area contributed by atoms with Crippen LogP contribution in [0, 0.1) is 10.1 Å². The highest BCUT2D eigenvalue weighted by Gasteiger charge is 2.53. The van der Waals surface area contributed by atoms with Crippen LogP contribution in [0.5, 0.6) is 0 Å². The Morgan fingerprint density at radius 3 is 2.63 bits per heavy atom. The van der Waals surface area contributed by atoms with Crippen LogP contribution in [-0.2, 0) is 0 Å². The Balaban J connectivity index is 1.35. The van der Waals surface area contributed by atoms with Crippen molar-refractivity contribution in [3.63, 3.8) is 0 Å². The lowest BCUT2D eigenvalue weighted by Crippen LogP contribution is -2.21. The van der Waals surface area contributed by atoms with Gasteiger partial charge in [0.15, 0.2) is 0 Å². The van der Waals surface area contributed by atoms with Gasteiger partial charge in [0.2, 0.25) is 0 Å². The molecule has 1 aromatic heterocycles. The summed E-state index contributed by atoms with van der Waals surface area (Å²) in [6.45, 7) is 0. The predicted molar refractivity (Wildman–Crippen MR) is 116 cm³/mol. The number of anilines is 1. The fraction of sp³-hybridized carbons (Fsp3) is 0.238. The Hall–Kier alpha value is -2.84. The number of benzene rings is 2. The largest absolute Gasteiger partial charge is 0.346 e. The van der Waals surface area contributed by atoms with Crippen LogP contribution >= 0.6 is 23.4 Å². The van der Waals surface area contributed by atoms with Crippen molar-refractivity contribution in [2.24, 2.45) is 0 Å². The van der Waals surface area contributed by atoms with E-state index >= 15 is 0 Å². The van der Waals surface area contributed by atoms with E-state index in [-0.39, 0.29) is 34.2 Å². The molecule has 1 amide bonds. The monoisotopic (exact) mass is 440 g/mol. The van der Waals surface area contributed by atoms with Crippen molar-refractivity contribution in [3.8, 4) is 0 Å². The van der Waals surface area contributed by atoms with E-state index in [0.717, 1.165) is 22.6 Å². The van der Waals surface area contributed by atoms with Crippen molar-refractivity contribution in [2.45, 2.75) is 33.8 Å². The third-order valence-corrected chi connectivity index (χ3v) is 7.54. The second-order valence-corrected chi connectivity index (χ2v) is 9.24. The molecule has 1 N–H and O–H groups in total. The number of non-ortho nitro benzene ring substituents is 1. The number of thioether (sulfide) groups is 1. The van der Waals surface area contributed by atoms with Crippen molar-refractivity contribution in [1.82, 2.24) is 9.78 Å². The minimum atomic E-state index is -0.401. The lowest BCUT2D eigenvalue weighted by Gasteiger charge is -2.17. The van der Waals surface area contributed by atoms with E-state index in [1.165, 1.54) is 16.8 Å². The highest BCUT2D eigenvalue weighted by molar-refractivity contribution is 8.00. The summed E-state index contributed by atoms with van der Waals surface area (Å²) in [4.78, 5) is 24.0. The van der Waals surface area contributed by atoms with E-state index in [1.54, 1.807) is 30.1 Å². The molecule has 3 aromatic rings. The van der Waals surface area contributed by atoms with Gasteiger partial charge in [-0.25, -0.2) is 4.79 Å². The van der Waals surface area contributed by atoms with Gasteiger partial charge in [-0.3, -0.25) is 10.1 Å². The zero-order valence-electron chi connectivity index (χ0n) is 15.6. The normalized spacial score (nSPS) is 23.9. The van der Waals surface area contributed by atoms with Crippen molar-refractivity contribution < 1.29 is 9.72 Å². The number of hydrogen-bond acceptors (Lipinski definition) is 5. The lowest BCUT2D eigenvalue weighted by molar-refractivity contribution is -0.384. The standard InChI is InChI=1S/C21H17ClN4O3S/c22-17-10-15-19-16(11-25(24-19)21(27)23-12-4-2-1-3-5-12)18(17)20(15)30-14-8-6-13(7-9-14)26(28)29/h1-9,11,15,17-18,20H,10H2,(H,23,27)/t15-,17+,18-,20?/m0/s1. The quantitative estimate of drug-likeness (QED) is 0.341. The molecule has 5 rings (SSSR count). The first-order valence-electron chi connectivity index (χ1n) is 9.52. The molecule has 9 heteroatoms. The number of rotatable bonds is 4. The summed E-state index contributed by atoms with van der Waals surface area (Å²) in [7, 11) is 0. The SMILES string of the molecule is O=C(Nc1ccccc1)n1cc2c(n1)[C@@H]1C[C@@H](Cl)[C@H]2C1Sc1ccc([N+](=O)[O-])cc1. The molecule has 1 fully saturated rings. The molecular formula is C21H17ClN4O3S. The second-order valence-electron chi connectivity index (χ2n) is 7.43. The van der Waals surface area contributed by atoms with E-state index in [1.807, 2.05) is 30.3 Å². The van der Waals surface area contributed by atoms with E-state index in [9.17, 15) is 14.9 Å². The first-order valence-corrected chi connectivity index (χ1v) is 10.8. The number of nitrogens with one attached hydrogen (secondary N) is 1. The Labute approximate surface area is 181 Å². The van der Waals surface area contributed by atoms with Crippen molar-refractivity contribution in [2.75, 3.05) is 5.32 Å². The van der Waals surface area contributed by atoms with Crippen LogP contribution in [0.25, 0.3) is 0 Å². The number of amides is 1. The Kier molecular flexibility index (Phi) is 4.75. The maximum atomic E-state index is 12.6. The smallest absolute Gasteiger partial charge is 0.306 e. The average Bonchev–Trinajstić information content (AvgIpc) is 3.38. The number of fused-ring (bicyclic) bond motifs is 5. The molecule has 30 heavy (non-hydrogen) atoms. The van der Waals surface area contributed by atoms with E-state index in [2.05, 4.69) is 10.4 Å². The highest BCUT2D eigenvalue weighted by Crippen LogP contribution is 2.60. The summed E-state index contributed by atoms with van der Waals surface area (Å²) < 4.78 is 1.36. The van der Waals surface area contributed by atoms with E-state index in [0.29, 0.717) is 5.69 Å². The van der Waals surface area contributed by atoms with Gasteiger partial charge in [-0.1, -0.05) is 18.2 Å². The second kappa shape index (κ2) is 7.45. The number of nitro benzene ring substituents is 1. The van der Waals surface area contributed by atoms with Gasteiger partial charge in [0.05, 0.1) is 10.6 Å². The first-order chi connectivity index (χ1) is 14.5. The van der Waals surface area contributed by atoms with Gasteiger partial charge in [0.25, 0.3) is 5.69 Å². The fourth-order valence-electron chi connectivity index (χ4n) is 4.33. The molecule has 7 nitrogen and oxygen atoms in total. The van der Waals surface area contributed by atoms with Crippen molar-refractivity contribution in [3.05, 3.63) is 82.2 Å². The molecule has 0 aliphatic heterocycles. The van der Waals surface area contributed by atoms with Gasteiger partial charge in [-0.2, -0.15) is 9.78 Å². The molecule has 2 bridgehead atoms. The molecule has 0 saturated heterocycles. The molecule has 0 radical (unpaired) electrons. The van der Waals surface area contributed by atoms with Crippen LogP contribution in [0.1, 0.15) is 29.5 Å². The number of carbonyl (C=O) groups excluding carboxylic acids is 1. The Morgan fingerprint density at radius 2 is 1.93 bits per heavy atom. The van der Waals surface area contributed by atoms with Gasteiger partial charge < -0.3 is 5.32 Å². The van der Waals surface area contributed by atoms with Crippen molar-refractivity contribution in [1.29, 1.82) is 0 Å². The Bertz CT molecular complexity index is 1120. The number of para-hydroxylation sites is 1. The highest BCUT2D eigenvalue weighted by atomic mass is 35.5. The average molecular weight is 441 g/mol. The van der Waals surface area contributed by atoms with Gasteiger partial charge >= 0.3 is 6.03 Å². The van der Waals surface area contributed by atoms with Gasteiger partial charge in [-0.15, -0.1) is 23.4 Å². The first kappa shape index (κ1) is 19.1. The molecule has 2 aliphatic carbocycles. The van der Waals surface area contributed by atoms with Crippen LogP contribution in [0.2, 0.25) is 0 Å². The third-order valence-electron chi connectivity index (χ3n) is 5.66. The van der Waals surface area contributed by atoms with Gasteiger partial charge in [0, 0.05) is 51.4 Å². The van der Waals surface area contributed by atoms with E-state index in [4.69, 9.17) is 11.6 Å². The summed E-state index contributed by atoms with van der Waals surface area (Å²) >= 11 is 8.32. The van der Waals surface area contributed by atoms with Crippen LogP contribution in [0.15, 0.2) is 65.7 Å². The number of hydrogen-bond donors (Lipinski definition) is 1. The fourth-order valence-corrected chi connectivity index (χ4v) is 6.39. The minimum Gasteiger partial charge on any atom is -0.306 e. The minimum absolute atomic E-state index is 0.0205. The third kappa shape index (κ3) is 3.26. The van der Waals surface area contributed by atoms with Crippen LogP contribution in [0.3, 0.4) is 0 Å². The molecule has 152 valence electrons. The molecule has 1 saturated carbocycles. The molecule has 0 spiro atoms. The zero-order chi connectivity index (χ0) is 20.8. The summed E-state index contributed by atoms with van der Waals surface area (Å²) in [5, 5.41) is 18.5. The summed E-state index contributed by atoms with van der Waals surface area (Å²) in [5.41, 5.74) is 2.74. The predicted octanol–water partition coefficient (Wildman–Crippen LogP) is 5.22. The van der Waals surface area contributed by atoms with Gasteiger partial charge in [-0.05, 0) is 36.2 Å². The number of halogens is 1. The van der Waals surface area contributed by atoms with Crippen molar-refractivity contribution >= 4 is 40.8 Å². The zero-order valence-corrected chi connectivity index (χ0v) is 17.2. The lowest BCUT2D eigenvalue weighted by atomic mass is 9.98.